The third kappa shape index (κ3) is 3.23. The van der Waals surface area contributed by atoms with Gasteiger partial charge in [-0.2, -0.15) is 0 Å². The number of hydrogen-bond acceptors (Lipinski definition) is 2. The molecule has 1 rings (SSSR count). The van der Waals surface area contributed by atoms with Crippen molar-refractivity contribution in [3.63, 3.8) is 0 Å². The van der Waals surface area contributed by atoms with E-state index in [-0.39, 0.29) is 22.7 Å². The predicted molar refractivity (Wildman–Crippen MR) is 60.1 cm³/mol. The highest BCUT2D eigenvalue weighted by Crippen LogP contribution is 2.28. The quantitative estimate of drug-likeness (QED) is 0.864. The Bertz CT molecular complexity index is 369. The number of aliphatic hydroxyl groups excluding tert-OH is 1. The summed E-state index contributed by atoms with van der Waals surface area (Å²) in [6.07, 6.45) is -1.01. The Morgan fingerprint density at radius 1 is 1.38 bits per heavy atom. The van der Waals surface area contributed by atoms with Gasteiger partial charge in [0.2, 0.25) is 0 Å². The van der Waals surface area contributed by atoms with Gasteiger partial charge in [-0.15, -0.1) is 0 Å². The summed E-state index contributed by atoms with van der Waals surface area (Å²) < 4.78 is 31.1. The average molecular weight is 295 g/mol. The molecule has 1 unspecified atom stereocenters. The number of hydrogen-bond donors (Lipinski definition) is 1. The zero-order chi connectivity index (χ0) is 12.3. The minimum atomic E-state index is -0.999. The maximum absolute atomic E-state index is 13.2. The fraction of sp³-hybridized carbons (Fsp3) is 0.455. The molecule has 0 saturated carbocycles. The van der Waals surface area contributed by atoms with Gasteiger partial charge in [-0.05, 0) is 35.8 Å². The molecule has 2 nitrogen and oxygen atoms in total. The Morgan fingerprint density at radius 3 is 2.56 bits per heavy atom. The zero-order valence-corrected chi connectivity index (χ0v) is 10.6. The molecule has 0 aliphatic rings. The van der Waals surface area contributed by atoms with Gasteiger partial charge < -0.3 is 9.84 Å². The van der Waals surface area contributed by atoms with E-state index < -0.39 is 17.7 Å². The van der Waals surface area contributed by atoms with E-state index in [1.165, 1.54) is 6.07 Å². The van der Waals surface area contributed by atoms with Crippen molar-refractivity contribution in [3.8, 4) is 0 Å². The molecule has 1 atom stereocenters. The average Bonchev–Trinajstić information content (AvgIpc) is 2.23. The lowest BCUT2D eigenvalue weighted by Gasteiger charge is -2.15. The van der Waals surface area contributed by atoms with Crippen molar-refractivity contribution in [2.24, 2.45) is 0 Å². The van der Waals surface area contributed by atoms with Gasteiger partial charge in [-0.1, -0.05) is 6.07 Å². The summed E-state index contributed by atoms with van der Waals surface area (Å²) in [4.78, 5) is 0. The molecular weight excluding hydrogens is 282 g/mol. The summed E-state index contributed by atoms with van der Waals surface area (Å²) in [5.74, 6) is -1.95. The molecule has 0 aliphatic carbocycles. The Balaban J connectivity index is 2.84. The lowest BCUT2D eigenvalue weighted by Crippen LogP contribution is -2.13. The molecule has 0 bridgehead atoms. The molecule has 0 spiro atoms. The summed E-state index contributed by atoms with van der Waals surface area (Å²) in [5, 5.41) is 9.72. The van der Waals surface area contributed by atoms with Crippen molar-refractivity contribution >= 4 is 15.9 Å². The molecular formula is C11H13BrF2O2. The van der Waals surface area contributed by atoms with E-state index >= 15 is 0 Å². The van der Waals surface area contributed by atoms with Gasteiger partial charge in [-0.25, -0.2) is 8.78 Å². The van der Waals surface area contributed by atoms with Crippen LogP contribution in [0.3, 0.4) is 0 Å². The number of aliphatic hydroxyl groups is 1. The molecule has 90 valence electrons. The molecule has 1 N–H and O–H groups in total. The molecule has 0 fully saturated rings. The smallest absolute Gasteiger partial charge is 0.173 e. The molecule has 0 aliphatic heterocycles. The van der Waals surface area contributed by atoms with Crippen molar-refractivity contribution in [1.82, 2.24) is 0 Å². The zero-order valence-electron chi connectivity index (χ0n) is 9.01. The monoisotopic (exact) mass is 294 g/mol. The van der Waals surface area contributed by atoms with Crippen LogP contribution in [-0.4, -0.2) is 17.8 Å². The summed E-state index contributed by atoms with van der Waals surface area (Å²) in [5.41, 5.74) is 0.277. The van der Waals surface area contributed by atoms with Crippen LogP contribution in [0.25, 0.3) is 0 Å². The predicted octanol–water partition coefficient (Wildman–Crippen LogP) is 3.19. The van der Waals surface area contributed by atoms with Gasteiger partial charge in [-0.3, -0.25) is 0 Å². The van der Waals surface area contributed by atoms with Crippen molar-refractivity contribution in [1.29, 1.82) is 0 Å². The van der Waals surface area contributed by atoms with Crippen LogP contribution < -0.4 is 0 Å². The van der Waals surface area contributed by atoms with E-state index in [0.717, 1.165) is 6.07 Å². The Kier molecular flexibility index (Phi) is 4.83. The van der Waals surface area contributed by atoms with Gasteiger partial charge in [0.25, 0.3) is 0 Å². The molecule has 0 saturated heterocycles. The maximum atomic E-state index is 13.2. The minimum Gasteiger partial charge on any atom is -0.386 e. The molecule has 16 heavy (non-hydrogen) atoms. The van der Waals surface area contributed by atoms with E-state index in [2.05, 4.69) is 15.9 Å². The van der Waals surface area contributed by atoms with Crippen molar-refractivity contribution < 1.29 is 18.6 Å². The van der Waals surface area contributed by atoms with Crippen LogP contribution in [0.15, 0.2) is 16.6 Å². The molecule has 0 amide bonds. The van der Waals surface area contributed by atoms with Crippen LogP contribution in [0.5, 0.6) is 0 Å². The second-order valence-electron chi connectivity index (χ2n) is 3.66. The topological polar surface area (TPSA) is 29.5 Å². The number of ether oxygens (including phenoxy) is 1. The van der Waals surface area contributed by atoms with Gasteiger partial charge in [0.1, 0.15) is 6.10 Å². The standard InChI is InChI=1S/C11H13BrF2O2/c1-6(2)16-5-9(15)7-3-4-8(13)11(14)10(7)12/h3-4,6,9,15H,5H2,1-2H3. The largest absolute Gasteiger partial charge is 0.386 e. The van der Waals surface area contributed by atoms with E-state index in [0.29, 0.717) is 0 Å². The number of halogens is 3. The van der Waals surface area contributed by atoms with Gasteiger partial charge in [0.15, 0.2) is 11.6 Å². The number of rotatable bonds is 4. The van der Waals surface area contributed by atoms with E-state index in [1.54, 1.807) is 0 Å². The summed E-state index contributed by atoms with van der Waals surface area (Å²) in [6, 6.07) is 2.31. The lowest BCUT2D eigenvalue weighted by atomic mass is 10.1. The fourth-order valence-electron chi connectivity index (χ4n) is 1.17. The summed E-state index contributed by atoms with van der Waals surface area (Å²) >= 11 is 2.91. The second-order valence-corrected chi connectivity index (χ2v) is 4.46. The van der Waals surface area contributed by atoms with Crippen LogP contribution in [0, 0.1) is 11.6 Å². The highest BCUT2D eigenvalue weighted by molar-refractivity contribution is 9.10. The van der Waals surface area contributed by atoms with Gasteiger partial charge in [0, 0.05) is 5.56 Å². The summed E-state index contributed by atoms with van der Waals surface area (Å²) in [7, 11) is 0. The van der Waals surface area contributed by atoms with Gasteiger partial charge in [0.05, 0.1) is 17.2 Å². The second kappa shape index (κ2) is 5.70. The Morgan fingerprint density at radius 2 is 2.00 bits per heavy atom. The molecule has 0 radical (unpaired) electrons. The molecule has 1 aromatic carbocycles. The van der Waals surface area contributed by atoms with Gasteiger partial charge >= 0.3 is 0 Å². The van der Waals surface area contributed by atoms with Crippen molar-refractivity contribution in [2.75, 3.05) is 6.61 Å². The highest BCUT2D eigenvalue weighted by Gasteiger charge is 2.17. The van der Waals surface area contributed by atoms with Crippen molar-refractivity contribution in [2.45, 2.75) is 26.1 Å². The normalized spacial score (nSPS) is 13.2. The number of benzene rings is 1. The first-order valence-electron chi connectivity index (χ1n) is 4.86. The van der Waals surface area contributed by atoms with Crippen LogP contribution in [0.4, 0.5) is 8.78 Å². The first kappa shape index (κ1) is 13.5. The van der Waals surface area contributed by atoms with E-state index in [9.17, 15) is 13.9 Å². The van der Waals surface area contributed by atoms with E-state index in [4.69, 9.17) is 4.74 Å². The SMILES string of the molecule is CC(C)OCC(O)c1ccc(F)c(F)c1Br. The first-order valence-corrected chi connectivity index (χ1v) is 5.65. The van der Waals surface area contributed by atoms with Crippen molar-refractivity contribution in [3.05, 3.63) is 33.8 Å². The van der Waals surface area contributed by atoms with Crippen LogP contribution in [0.1, 0.15) is 25.5 Å². The summed E-state index contributed by atoms with van der Waals surface area (Å²) in [6.45, 7) is 3.70. The van der Waals surface area contributed by atoms with Crippen LogP contribution in [0.2, 0.25) is 0 Å². The first-order chi connectivity index (χ1) is 7.43. The molecule has 1 aromatic rings. The Hall–Kier alpha value is -0.520. The maximum Gasteiger partial charge on any atom is 0.173 e. The fourth-order valence-corrected chi connectivity index (χ4v) is 1.76. The molecule has 0 aromatic heterocycles. The van der Waals surface area contributed by atoms with Crippen LogP contribution in [-0.2, 0) is 4.74 Å². The Labute approximate surface area is 101 Å². The van der Waals surface area contributed by atoms with E-state index in [1.807, 2.05) is 13.8 Å². The molecule has 5 heteroatoms. The molecule has 0 heterocycles. The van der Waals surface area contributed by atoms with Crippen LogP contribution >= 0.6 is 15.9 Å². The third-order valence-electron chi connectivity index (χ3n) is 2.01. The highest BCUT2D eigenvalue weighted by atomic mass is 79.9. The minimum absolute atomic E-state index is 0.0290. The lowest BCUT2D eigenvalue weighted by molar-refractivity contribution is 0.00449. The third-order valence-corrected chi connectivity index (χ3v) is 2.82.